The van der Waals surface area contributed by atoms with Crippen molar-refractivity contribution in [3.8, 4) is 11.8 Å². The number of hydrogen-bond acceptors (Lipinski definition) is 2. The molecule has 1 aliphatic heterocycles. The van der Waals surface area contributed by atoms with Crippen molar-refractivity contribution in [2.75, 3.05) is 6.61 Å². The zero-order chi connectivity index (χ0) is 11.9. The van der Waals surface area contributed by atoms with Gasteiger partial charge in [-0.3, -0.25) is 0 Å². The normalized spacial score (nSPS) is 19.8. The molecule has 86 valence electrons. The molecule has 1 aromatic carbocycles. The van der Waals surface area contributed by atoms with Crippen LogP contribution in [0.2, 0.25) is 0 Å². The standard InChI is InChI=1S/C15H14O2/c1-2-16-15-12-11-14(17-15)10-6-9-13-7-4-3-5-8-13/h3-5,7-8,10-12,15H,2H2,1H3/b14-10+. The van der Waals surface area contributed by atoms with Crippen molar-refractivity contribution in [1.82, 2.24) is 0 Å². The number of hydrogen-bond donors (Lipinski definition) is 0. The molecule has 0 saturated heterocycles. The van der Waals surface area contributed by atoms with Crippen LogP contribution in [0.4, 0.5) is 0 Å². The van der Waals surface area contributed by atoms with Crippen molar-refractivity contribution in [1.29, 1.82) is 0 Å². The molecular formula is C15H14O2. The number of rotatable bonds is 2. The highest BCUT2D eigenvalue weighted by molar-refractivity contribution is 5.38. The minimum Gasteiger partial charge on any atom is -0.461 e. The first kappa shape index (κ1) is 11.5. The molecule has 1 atom stereocenters. The van der Waals surface area contributed by atoms with Gasteiger partial charge in [-0.25, -0.2) is 0 Å². The molecule has 0 aromatic heterocycles. The Kier molecular flexibility index (Phi) is 4.01. The summed E-state index contributed by atoms with van der Waals surface area (Å²) in [4.78, 5) is 0. The topological polar surface area (TPSA) is 18.5 Å². The zero-order valence-electron chi connectivity index (χ0n) is 9.72. The summed E-state index contributed by atoms with van der Waals surface area (Å²) in [6, 6.07) is 9.85. The van der Waals surface area contributed by atoms with E-state index in [-0.39, 0.29) is 6.29 Å². The molecule has 0 amide bonds. The van der Waals surface area contributed by atoms with Gasteiger partial charge < -0.3 is 9.47 Å². The minimum atomic E-state index is -0.259. The quantitative estimate of drug-likeness (QED) is 0.722. The fraction of sp³-hybridized carbons (Fsp3) is 0.200. The molecule has 0 aliphatic carbocycles. The van der Waals surface area contributed by atoms with Crippen LogP contribution in [-0.4, -0.2) is 12.9 Å². The van der Waals surface area contributed by atoms with Crippen molar-refractivity contribution in [2.24, 2.45) is 0 Å². The van der Waals surface area contributed by atoms with Crippen LogP contribution in [0.25, 0.3) is 0 Å². The van der Waals surface area contributed by atoms with Crippen LogP contribution in [0.1, 0.15) is 12.5 Å². The predicted molar refractivity (Wildman–Crippen MR) is 67.0 cm³/mol. The molecule has 0 bridgehead atoms. The van der Waals surface area contributed by atoms with Crippen molar-refractivity contribution in [2.45, 2.75) is 13.2 Å². The summed E-state index contributed by atoms with van der Waals surface area (Å²) in [7, 11) is 0. The molecule has 1 unspecified atom stereocenters. The van der Waals surface area contributed by atoms with E-state index in [1.807, 2.05) is 49.4 Å². The Morgan fingerprint density at radius 1 is 1.35 bits per heavy atom. The van der Waals surface area contributed by atoms with Gasteiger partial charge in [0.15, 0.2) is 0 Å². The Bertz CT molecular complexity index is 475. The third-order valence-electron chi connectivity index (χ3n) is 2.21. The molecule has 1 aromatic rings. The van der Waals surface area contributed by atoms with Gasteiger partial charge in [-0.2, -0.15) is 0 Å². The van der Waals surface area contributed by atoms with E-state index < -0.39 is 0 Å². The Balaban J connectivity index is 1.95. The van der Waals surface area contributed by atoms with Gasteiger partial charge in [0.2, 0.25) is 6.29 Å². The van der Waals surface area contributed by atoms with E-state index in [0.717, 1.165) is 11.3 Å². The number of allylic oxidation sites excluding steroid dienone is 2. The third kappa shape index (κ3) is 3.51. The predicted octanol–water partition coefficient (Wildman–Crippen LogP) is 2.87. The molecule has 17 heavy (non-hydrogen) atoms. The maximum Gasteiger partial charge on any atom is 0.220 e. The van der Waals surface area contributed by atoms with Gasteiger partial charge in [-0.15, -0.1) is 0 Å². The molecule has 0 saturated carbocycles. The molecule has 0 radical (unpaired) electrons. The molecule has 1 heterocycles. The highest BCUT2D eigenvalue weighted by Crippen LogP contribution is 2.15. The van der Waals surface area contributed by atoms with Gasteiger partial charge in [0, 0.05) is 18.2 Å². The summed E-state index contributed by atoms with van der Waals surface area (Å²) in [5, 5.41) is 0. The van der Waals surface area contributed by atoms with Gasteiger partial charge in [-0.05, 0) is 31.2 Å². The zero-order valence-corrected chi connectivity index (χ0v) is 9.72. The van der Waals surface area contributed by atoms with Gasteiger partial charge in [0.25, 0.3) is 0 Å². The largest absolute Gasteiger partial charge is 0.461 e. The lowest BCUT2D eigenvalue weighted by Gasteiger charge is -2.08. The van der Waals surface area contributed by atoms with Crippen molar-refractivity contribution in [3.05, 3.63) is 59.9 Å². The summed E-state index contributed by atoms with van der Waals surface area (Å²) >= 11 is 0. The molecule has 0 fully saturated rings. The molecular weight excluding hydrogens is 212 g/mol. The third-order valence-corrected chi connectivity index (χ3v) is 2.21. The van der Waals surface area contributed by atoms with E-state index >= 15 is 0 Å². The maximum absolute atomic E-state index is 5.47. The first-order valence-electron chi connectivity index (χ1n) is 5.61. The molecule has 0 N–H and O–H groups in total. The van der Waals surface area contributed by atoms with Crippen LogP contribution in [0.5, 0.6) is 0 Å². The van der Waals surface area contributed by atoms with E-state index in [1.54, 1.807) is 6.08 Å². The van der Waals surface area contributed by atoms with Crippen LogP contribution in [-0.2, 0) is 9.47 Å². The van der Waals surface area contributed by atoms with E-state index in [0.29, 0.717) is 6.61 Å². The van der Waals surface area contributed by atoms with Gasteiger partial charge in [0.05, 0.1) is 0 Å². The Morgan fingerprint density at radius 2 is 2.18 bits per heavy atom. The van der Waals surface area contributed by atoms with Crippen molar-refractivity contribution in [3.63, 3.8) is 0 Å². The van der Waals surface area contributed by atoms with Crippen LogP contribution < -0.4 is 0 Å². The number of benzene rings is 1. The first-order chi connectivity index (χ1) is 8.38. The molecule has 2 rings (SSSR count). The Morgan fingerprint density at radius 3 is 2.94 bits per heavy atom. The van der Waals surface area contributed by atoms with Crippen LogP contribution in [0, 0.1) is 11.8 Å². The molecule has 0 spiro atoms. The maximum atomic E-state index is 5.47. The lowest BCUT2D eigenvalue weighted by Crippen LogP contribution is -2.08. The average Bonchev–Trinajstić information content (AvgIpc) is 2.79. The van der Waals surface area contributed by atoms with E-state index in [9.17, 15) is 0 Å². The van der Waals surface area contributed by atoms with Crippen LogP contribution in [0.15, 0.2) is 54.3 Å². The van der Waals surface area contributed by atoms with Gasteiger partial charge >= 0.3 is 0 Å². The summed E-state index contributed by atoms with van der Waals surface area (Å²) in [6.45, 7) is 2.58. The fourth-order valence-corrected chi connectivity index (χ4v) is 1.43. The second kappa shape index (κ2) is 5.93. The lowest BCUT2D eigenvalue weighted by molar-refractivity contribution is -0.0660. The molecule has 2 nitrogen and oxygen atoms in total. The van der Waals surface area contributed by atoms with Crippen LogP contribution >= 0.6 is 0 Å². The summed E-state index contributed by atoms with van der Waals surface area (Å²) in [5.74, 6) is 6.74. The highest BCUT2D eigenvalue weighted by atomic mass is 16.7. The SMILES string of the molecule is CCOC1C=C/C(=C\C#Cc2ccccc2)O1. The summed E-state index contributed by atoms with van der Waals surface area (Å²) < 4.78 is 10.8. The van der Waals surface area contributed by atoms with Crippen LogP contribution in [0.3, 0.4) is 0 Å². The fourth-order valence-electron chi connectivity index (χ4n) is 1.43. The van der Waals surface area contributed by atoms with E-state index in [2.05, 4.69) is 11.8 Å². The van der Waals surface area contributed by atoms with E-state index in [4.69, 9.17) is 9.47 Å². The monoisotopic (exact) mass is 226 g/mol. The van der Waals surface area contributed by atoms with Gasteiger partial charge in [-0.1, -0.05) is 30.0 Å². The molecule has 2 heteroatoms. The first-order valence-corrected chi connectivity index (χ1v) is 5.61. The highest BCUT2D eigenvalue weighted by Gasteiger charge is 2.12. The second-order valence-electron chi connectivity index (χ2n) is 3.48. The Hall–Kier alpha value is -1.98. The number of ether oxygens (including phenoxy) is 2. The smallest absolute Gasteiger partial charge is 0.220 e. The van der Waals surface area contributed by atoms with Gasteiger partial charge in [0.1, 0.15) is 5.76 Å². The lowest BCUT2D eigenvalue weighted by atomic mass is 10.2. The summed E-state index contributed by atoms with van der Waals surface area (Å²) in [6.07, 6.45) is 5.24. The van der Waals surface area contributed by atoms with Crippen molar-refractivity contribution >= 4 is 0 Å². The minimum absolute atomic E-state index is 0.259. The second-order valence-corrected chi connectivity index (χ2v) is 3.48. The molecule has 1 aliphatic rings. The average molecular weight is 226 g/mol. The van der Waals surface area contributed by atoms with Crippen molar-refractivity contribution < 1.29 is 9.47 Å². The van der Waals surface area contributed by atoms with E-state index in [1.165, 1.54) is 0 Å². The summed E-state index contributed by atoms with van der Waals surface area (Å²) in [5.41, 5.74) is 0.993. The Labute approximate surface area is 102 Å².